The van der Waals surface area contributed by atoms with Crippen LogP contribution in [-0.2, 0) is 22.4 Å². The Bertz CT molecular complexity index is 2130. The molecule has 3 heterocycles. The van der Waals surface area contributed by atoms with Crippen LogP contribution in [0.1, 0.15) is 57.6 Å². The third-order valence-corrected chi connectivity index (χ3v) is 8.13. The van der Waals surface area contributed by atoms with Gasteiger partial charge >= 0.3 is 11.7 Å². The highest BCUT2D eigenvalue weighted by atomic mass is 32.1. The average Bonchev–Trinajstić information content (AvgIpc) is 3.39. The second-order valence-electron chi connectivity index (χ2n) is 10.7. The van der Waals surface area contributed by atoms with Gasteiger partial charge in [0.05, 0.1) is 6.54 Å². The number of carbonyl (C=O) groups excluding carboxylic acids is 1. The molecule has 14 heteroatoms. The van der Waals surface area contributed by atoms with Crippen LogP contribution in [0.25, 0.3) is 18.0 Å². The summed E-state index contributed by atoms with van der Waals surface area (Å²) in [7, 11) is 0. The van der Waals surface area contributed by atoms with Crippen LogP contribution in [-0.4, -0.2) is 52.4 Å². The van der Waals surface area contributed by atoms with Gasteiger partial charge in [0.15, 0.2) is 5.82 Å². The van der Waals surface area contributed by atoms with Crippen molar-refractivity contribution in [3.8, 4) is 5.82 Å². The number of aromatic amines is 1. The zero-order valence-electron chi connectivity index (χ0n) is 24.8. The van der Waals surface area contributed by atoms with Gasteiger partial charge in [0.25, 0.3) is 5.56 Å². The van der Waals surface area contributed by atoms with Crippen molar-refractivity contribution in [2.24, 2.45) is 0 Å². The molecule has 4 N–H and O–H groups in total. The maximum Gasteiger partial charge on any atom is 0.334 e. The molecule has 46 heavy (non-hydrogen) atoms. The molecule has 1 aliphatic carbocycles. The van der Waals surface area contributed by atoms with Gasteiger partial charge in [-0.15, -0.1) is 0 Å². The molecule has 232 valence electrons. The normalized spacial score (nSPS) is 13.4. The van der Waals surface area contributed by atoms with Gasteiger partial charge < -0.3 is 10.4 Å². The number of H-pyrrole nitrogens is 1. The van der Waals surface area contributed by atoms with Gasteiger partial charge in [-0.25, -0.2) is 14.8 Å². The SMILES string of the molecule is CCc1ccc2c(c1)C=Cc1cc(C)ccc1C2c1cn(-c2ccnc(NCC(=O)Nc3nc(CC(=O)O)ns3)n2)c(=O)[nH]c1=O. The summed E-state index contributed by atoms with van der Waals surface area (Å²) in [5.41, 5.74) is 5.29. The van der Waals surface area contributed by atoms with E-state index < -0.39 is 29.0 Å². The fraction of sp³-hybridized carbons (Fsp3) is 0.188. The molecule has 0 bridgehead atoms. The number of nitrogens with one attached hydrogen (secondary N) is 3. The van der Waals surface area contributed by atoms with Gasteiger partial charge in [0.2, 0.25) is 17.0 Å². The molecule has 13 nitrogen and oxygen atoms in total. The summed E-state index contributed by atoms with van der Waals surface area (Å²) in [4.78, 5) is 64.9. The number of carboxylic acid groups (broad SMARTS) is 1. The van der Waals surface area contributed by atoms with Crippen molar-refractivity contribution < 1.29 is 14.7 Å². The number of aromatic nitrogens is 6. The van der Waals surface area contributed by atoms with Crippen molar-refractivity contribution in [2.75, 3.05) is 17.2 Å². The standard InChI is InChI=1S/C32H28N8O5S/c1-3-18-5-9-22-20(13-18)7-6-19-12-17(2)4-8-21(19)28(22)23-16-40(32(45)38-29(23)44)25-10-11-33-30(36-25)34-15-26(41)37-31-35-24(39-46-31)14-27(42)43/h4-13,16,28H,3,14-15H2,1-2H3,(H,42,43)(H,33,34,36)(H,38,44,45)(H,35,37,39,41). The number of aryl methyl sites for hydroxylation is 2. The van der Waals surface area contributed by atoms with E-state index in [1.165, 1.54) is 28.6 Å². The molecule has 2 aromatic carbocycles. The van der Waals surface area contributed by atoms with Gasteiger partial charge in [-0.05, 0) is 41.2 Å². The maximum absolute atomic E-state index is 13.5. The Labute approximate surface area is 265 Å². The minimum Gasteiger partial charge on any atom is -0.481 e. The molecule has 0 spiro atoms. The highest BCUT2D eigenvalue weighted by Gasteiger charge is 2.27. The third-order valence-electron chi connectivity index (χ3n) is 7.47. The van der Waals surface area contributed by atoms with Gasteiger partial charge in [0.1, 0.15) is 12.2 Å². The van der Waals surface area contributed by atoms with Gasteiger partial charge in [-0.2, -0.15) is 9.36 Å². The van der Waals surface area contributed by atoms with Crippen molar-refractivity contribution in [1.29, 1.82) is 0 Å². The van der Waals surface area contributed by atoms with Crippen molar-refractivity contribution in [2.45, 2.75) is 32.6 Å². The summed E-state index contributed by atoms with van der Waals surface area (Å²) in [5.74, 6) is -1.70. The number of aliphatic carboxylic acids is 1. The van der Waals surface area contributed by atoms with Crippen LogP contribution in [0.15, 0.2) is 64.4 Å². The van der Waals surface area contributed by atoms with Crippen molar-refractivity contribution in [1.82, 2.24) is 28.9 Å². The summed E-state index contributed by atoms with van der Waals surface area (Å²) in [6.45, 7) is 3.86. The average molecular weight is 637 g/mol. The summed E-state index contributed by atoms with van der Waals surface area (Å²) in [6, 6.07) is 13.8. The lowest BCUT2D eigenvalue weighted by Crippen LogP contribution is -2.33. The van der Waals surface area contributed by atoms with E-state index in [9.17, 15) is 19.2 Å². The van der Waals surface area contributed by atoms with E-state index in [2.05, 4.69) is 72.2 Å². The Hall–Kier alpha value is -5.76. The van der Waals surface area contributed by atoms with Crippen molar-refractivity contribution in [3.05, 3.63) is 120 Å². The second kappa shape index (κ2) is 12.7. The zero-order chi connectivity index (χ0) is 32.4. The van der Waals surface area contributed by atoms with Crippen LogP contribution in [0.3, 0.4) is 0 Å². The number of amides is 1. The first-order valence-electron chi connectivity index (χ1n) is 14.4. The monoisotopic (exact) mass is 636 g/mol. The van der Waals surface area contributed by atoms with E-state index in [0.717, 1.165) is 45.8 Å². The predicted octanol–water partition coefficient (Wildman–Crippen LogP) is 3.38. The lowest BCUT2D eigenvalue weighted by molar-refractivity contribution is -0.136. The molecule has 5 aromatic rings. The molecular weight excluding hydrogens is 608 g/mol. The van der Waals surface area contributed by atoms with E-state index >= 15 is 0 Å². The number of hydrogen-bond donors (Lipinski definition) is 4. The Kier molecular flexibility index (Phi) is 8.35. The lowest BCUT2D eigenvalue weighted by atomic mass is 9.82. The molecule has 1 atom stereocenters. The van der Waals surface area contributed by atoms with Crippen LogP contribution in [0, 0.1) is 6.92 Å². The first kappa shape index (κ1) is 30.3. The summed E-state index contributed by atoms with van der Waals surface area (Å²) >= 11 is 0.866. The highest BCUT2D eigenvalue weighted by Crippen LogP contribution is 2.38. The molecule has 6 rings (SSSR count). The van der Waals surface area contributed by atoms with Gasteiger partial charge in [0, 0.05) is 41.5 Å². The quantitative estimate of drug-likeness (QED) is 0.183. The molecule has 0 radical (unpaired) electrons. The molecule has 0 aliphatic heterocycles. The first-order valence-corrected chi connectivity index (χ1v) is 15.1. The van der Waals surface area contributed by atoms with E-state index in [0.29, 0.717) is 5.56 Å². The summed E-state index contributed by atoms with van der Waals surface area (Å²) < 4.78 is 5.15. The molecule has 0 saturated heterocycles. The van der Waals surface area contributed by atoms with Crippen LogP contribution in [0.4, 0.5) is 11.1 Å². The first-order chi connectivity index (χ1) is 22.2. The zero-order valence-corrected chi connectivity index (χ0v) is 25.6. The minimum absolute atomic E-state index is 0.0630. The number of fused-ring (bicyclic) bond motifs is 2. The summed E-state index contributed by atoms with van der Waals surface area (Å²) in [5, 5.41) is 14.4. The third kappa shape index (κ3) is 6.37. The van der Waals surface area contributed by atoms with Crippen molar-refractivity contribution in [3.63, 3.8) is 0 Å². The highest BCUT2D eigenvalue weighted by molar-refractivity contribution is 7.09. The molecule has 1 aliphatic rings. The van der Waals surface area contributed by atoms with E-state index in [1.807, 2.05) is 25.1 Å². The number of carboxylic acids is 1. The number of rotatable bonds is 9. The molecule has 1 amide bonds. The Morgan fingerprint density at radius 2 is 1.78 bits per heavy atom. The largest absolute Gasteiger partial charge is 0.481 e. The molecular formula is C32H28N8O5S. The maximum atomic E-state index is 13.5. The topological polar surface area (TPSA) is 185 Å². The predicted molar refractivity (Wildman–Crippen MR) is 173 cm³/mol. The second-order valence-corrected chi connectivity index (χ2v) is 11.4. The number of carbonyl (C=O) groups is 2. The van der Waals surface area contributed by atoms with Gasteiger partial charge in [-0.1, -0.05) is 61.0 Å². The number of benzene rings is 2. The molecule has 0 fully saturated rings. The van der Waals surface area contributed by atoms with Crippen LogP contribution < -0.4 is 21.9 Å². The summed E-state index contributed by atoms with van der Waals surface area (Å²) in [6.07, 6.45) is 7.58. The lowest BCUT2D eigenvalue weighted by Gasteiger charge is -2.22. The molecule has 0 saturated carbocycles. The van der Waals surface area contributed by atoms with E-state index in [-0.39, 0.29) is 35.7 Å². The number of nitrogens with zero attached hydrogens (tertiary/aromatic N) is 5. The fourth-order valence-electron chi connectivity index (χ4n) is 5.30. The van der Waals surface area contributed by atoms with Crippen molar-refractivity contribution >= 4 is 46.6 Å². The minimum atomic E-state index is -1.08. The van der Waals surface area contributed by atoms with Crippen LogP contribution in [0.2, 0.25) is 0 Å². The van der Waals surface area contributed by atoms with Crippen LogP contribution in [0.5, 0.6) is 0 Å². The number of anilines is 2. The Morgan fingerprint density at radius 3 is 2.54 bits per heavy atom. The fourth-order valence-corrected chi connectivity index (χ4v) is 5.90. The van der Waals surface area contributed by atoms with E-state index in [4.69, 9.17) is 5.11 Å². The smallest absolute Gasteiger partial charge is 0.334 e. The molecule has 3 aromatic heterocycles. The number of hydrogen-bond acceptors (Lipinski definition) is 10. The Balaban J connectivity index is 1.31. The van der Waals surface area contributed by atoms with Crippen LogP contribution >= 0.6 is 11.5 Å². The molecule has 1 unspecified atom stereocenters. The van der Waals surface area contributed by atoms with Gasteiger partial charge in [-0.3, -0.25) is 29.3 Å². The Morgan fingerprint density at radius 1 is 1.02 bits per heavy atom. The van der Waals surface area contributed by atoms with E-state index in [1.54, 1.807) is 0 Å².